The standard InChI is InChI=1S/C18H12FN5O3/c1-9(25)23-18(20)24-17(27)15-13(26)8-7-12(21-2)14(15)10-5-4-6-11(19)16(10)22-3/h4-8,26H,1H3,(H3,20,23,24,25,27). The van der Waals surface area contributed by atoms with Crippen LogP contribution in [0.25, 0.3) is 20.8 Å². The van der Waals surface area contributed by atoms with Crippen LogP contribution >= 0.6 is 0 Å². The Balaban J connectivity index is 2.71. The third kappa shape index (κ3) is 3.89. The average molecular weight is 365 g/mol. The van der Waals surface area contributed by atoms with Gasteiger partial charge in [-0.15, -0.1) is 0 Å². The molecule has 9 heteroatoms. The topological polar surface area (TPSA) is 111 Å². The van der Waals surface area contributed by atoms with Crippen molar-refractivity contribution in [3.05, 3.63) is 64.5 Å². The maximum atomic E-state index is 14.0. The van der Waals surface area contributed by atoms with Gasteiger partial charge in [0.25, 0.3) is 5.91 Å². The van der Waals surface area contributed by atoms with Crippen molar-refractivity contribution >= 4 is 29.1 Å². The summed E-state index contributed by atoms with van der Waals surface area (Å²) in [5.41, 5.74) is -1.14. The highest BCUT2D eigenvalue weighted by atomic mass is 19.1. The van der Waals surface area contributed by atoms with E-state index in [2.05, 4.69) is 15.0 Å². The Morgan fingerprint density at radius 1 is 1.15 bits per heavy atom. The van der Waals surface area contributed by atoms with Gasteiger partial charge in [0.05, 0.1) is 18.7 Å². The van der Waals surface area contributed by atoms with E-state index in [9.17, 15) is 19.1 Å². The van der Waals surface area contributed by atoms with Crippen molar-refractivity contribution in [1.29, 1.82) is 5.41 Å². The van der Waals surface area contributed by atoms with E-state index in [0.717, 1.165) is 19.1 Å². The number of benzene rings is 2. The molecule has 2 rings (SSSR count). The Morgan fingerprint density at radius 3 is 2.44 bits per heavy atom. The molecule has 0 aliphatic carbocycles. The van der Waals surface area contributed by atoms with Gasteiger partial charge in [-0.3, -0.25) is 25.6 Å². The van der Waals surface area contributed by atoms with Crippen molar-refractivity contribution in [3.63, 3.8) is 0 Å². The molecule has 0 spiro atoms. The average Bonchev–Trinajstić information content (AvgIpc) is 2.60. The van der Waals surface area contributed by atoms with Gasteiger partial charge in [0, 0.05) is 6.92 Å². The second-order valence-electron chi connectivity index (χ2n) is 5.22. The molecular formula is C18H12FN5O3. The van der Waals surface area contributed by atoms with Crippen LogP contribution in [0.4, 0.5) is 15.8 Å². The van der Waals surface area contributed by atoms with Crippen LogP contribution in [0.2, 0.25) is 0 Å². The first-order valence-electron chi connectivity index (χ1n) is 7.37. The number of halogens is 1. The van der Waals surface area contributed by atoms with Crippen LogP contribution in [0.3, 0.4) is 0 Å². The lowest BCUT2D eigenvalue weighted by Crippen LogP contribution is -2.42. The third-order valence-corrected chi connectivity index (χ3v) is 3.42. The third-order valence-electron chi connectivity index (χ3n) is 3.42. The minimum absolute atomic E-state index is 0.0527. The highest BCUT2D eigenvalue weighted by molar-refractivity contribution is 6.14. The molecule has 0 aliphatic rings. The lowest BCUT2D eigenvalue weighted by molar-refractivity contribution is -0.117. The maximum absolute atomic E-state index is 14.0. The fraction of sp³-hybridized carbons (Fsp3) is 0.0556. The van der Waals surface area contributed by atoms with Gasteiger partial charge in [0.15, 0.2) is 5.69 Å². The second kappa shape index (κ2) is 7.76. The zero-order valence-corrected chi connectivity index (χ0v) is 13.9. The normalized spacial score (nSPS) is 9.63. The largest absolute Gasteiger partial charge is 0.507 e. The highest BCUT2D eigenvalue weighted by Gasteiger charge is 2.24. The molecule has 134 valence electrons. The summed E-state index contributed by atoms with van der Waals surface area (Å²) in [6.45, 7) is 15.6. The lowest BCUT2D eigenvalue weighted by atomic mass is 9.94. The molecule has 0 unspecified atom stereocenters. The molecule has 0 radical (unpaired) electrons. The van der Waals surface area contributed by atoms with Gasteiger partial charge in [-0.25, -0.2) is 14.1 Å². The quantitative estimate of drug-likeness (QED) is 0.373. The Bertz CT molecular complexity index is 1050. The monoisotopic (exact) mass is 365 g/mol. The van der Waals surface area contributed by atoms with E-state index in [-0.39, 0.29) is 16.8 Å². The molecule has 27 heavy (non-hydrogen) atoms. The van der Waals surface area contributed by atoms with Crippen molar-refractivity contribution in [3.8, 4) is 16.9 Å². The molecule has 0 fully saturated rings. The van der Waals surface area contributed by atoms with E-state index in [1.54, 1.807) is 0 Å². The molecule has 4 N–H and O–H groups in total. The summed E-state index contributed by atoms with van der Waals surface area (Å²) in [4.78, 5) is 29.9. The molecule has 2 aromatic carbocycles. The van der Waals surface area contributed by atoms with Gasteiger partial charge in [-0.05, 0) is 23.3 Å². The van der Waals surface area contributed by atoms with Gasteiger partial charge >= 0.3 is 0 Å². The predicted molar refractivity (Wildman–Crippen MR) is 95.0 cm³/mol. The number of aromatic hydroxyl groups is 1. The number of nitrogens with zero attached hydrogens (tertiary/aromatic N) is 2. The number of guanidine groups is 1. The van der Waals surface area contributed by atoms with Crippen molar-refractivity contribution < 1.29 is 19.1 Å². The van der Waals surface area contributed by atoms with E-state index in [4.69, 9.17) is 18.6 Å². The Hall–Kier alpha value is -4.24. The summed E-state index contributed by atoms with van der Waals surface area (Å²) in [5.74, 6) is -3.63. The molecule has 0 heterocycles. The Labute approximate surface area is 153 Å². The zero-order chi connectivity index (χ0) is 20.1. The molecule has 2 aromatic rings. The fourth-order valence-corrected chi connectivity index (χ4v) is 2.39. The van der Waals surface area contributed by atoms with E-state index < -0.39 is 40.6 Å². The van der Waals surface area contributed by atoms with Crippen molar-refractivity contribution in [2.45, 2.75) is 6.92 Å². The number of hydrogen-bond acceptors (Lipinski definition) is 4. The van der Waals surface area contributed by atoms with Crippen LogP contribution in [0.15, 0.2) is 30.3 Å². The number of nitrogens with one attached hydrogen (secondary N) is 3. The molecule has 0 saturated heterocycles. The van der Waals surface area contributed by atoms with Crippen LogP contribution < -0.4 is 10.6 Å². The molecular weight excluding hydrogens is 353 g/mol. The van der Waals surface area contributed by atoms with Gasteiger partial charge in [0.2, 0.25) is 17.6 Å². The smallest absolute Gasteiger partial charge is 0.260 e. The molecule has 0 aliphatic heterocycles. The molecule has 0 saturated carbocycles. The van der Waals surface area contributed by atoms with Crippen LogP contribution in [0.5, 0.6) is 5.75 Å². The van der Waals surface area contributed by atoms with Gasteiger partial charge in [0.1, 0.15) is 11.6 Å². The lowest BCUT2D eigenvalue weighted by Gasteiger charge is -2.15. The van der Waals surface area contributed by atoms with Gasteiger partial charge in [-0.2, -0.15) is 0 Å². The number of carbonyl (C=O) groups is 2. The van der Waals surface area contributed by atoms with Crippen LogP contribution in [0.1, 0.15) is 17.3 Å². The Morgan fingerprint density at radius 2 is 1.85 bits per heavy atom. The molecule has 2 amide bonds. The summed E-state index contributed by atoms with van der Waals surface area (Å²) in [5, 5.41) is 21.8. The van der Waals surface area contributed by atoms with Gasteiger partial charge in [-0.1, -0.05) is 18.2 Å². The number of rotatable bonds is 2. The SMILES string of the molecule is [C-]#[N+]c1ccc(O)c(C(=O)NC(=N)NC(C)=O)c1-c1cccc(F)c1[N+]#[C-]. The van der Waals surface area contributed by atoms with Crippen LogP contribution in [-0.2, 0) is 4.79 Å². The first-order chi connectivity index (χ1) is 12.8. The maximum Gasteiger partial charge on any atom is 0.260 e. The summed E-state index contributed by atoms with van der Waals surface area (Å²) in [6, 6.07) is 6.04. The summed E-state index contributed by atoms with van der Waals surface area (Å²) >= 11 is 0. The number of para-hydroxylation sites is 1. The number of carbonyl (C=O) groups excluding carboxylic acids is 2. The van der Waals surface area contributed by atoms with E-state index in [0.29, 0.717) is 0 Å². The van der Waals surface area contributed by atoms with E-state index in [1.165, 1.54) is 18.2 Å². The van der Waals surface area contributed by atoms with E-state index in [1.807, 2.05) is 5.32 Å². The van der Waals surface area contributed by atoms with Crippen molar-refractivity contribution in [2.24, 2.45) is 0 Å². The summed E-state index contributed by atoms with van der Waals surface area (Å²) < 4.78 is 14.0. The molecule has 0 atom stereocenters. The number of phenols is 1. The number of hydrogen-bond donors (Lipinski definition) is 4. The number of phenolic OH excluding ortho intramolecular Hbond substituents is 1. The second-order valence-corrected chi connectivity index (χ2v) is 5.22. The predicted octanol–water partition coefficient (Wildman–Crippen LogP) is 3.10. The van der Waals surface area contributed by atoms with Gasteiger partial charge < -0.3 is 5.11 Å². The van der Waals surface area contributed by atoms with E-state index >= 15 is 0 Å². The van der Waals surface area contributed by atoms with Crippen molar-refractivity contribution in [1.82, 2.24) is 10.6 Å². The zero-order valence-electron chi connectivity index (χ0n) is 13.9. The Kier molecular flexibility index (Phi) is 5.49. The minimum Gasteiger partial charge on any atom is -0.507 e. The first kappa shape index (κ1) is 19.1. The number of amides is 2. The highest BCUT2D eigenvalue weighted by Crippen LogP contribution is 2.43. The molecule has 0 aromatic heterocycles. The fourth-order valence-electron chi connectivity index (χ4n) is 2.39. The summed E-state index contributed by atoms with van der Waals surface area (Å²) in [7, 11) is 0. The molecule has 8 nitrogen and oxygen atoms in total. The minimum atomic E-state index is -1.01. The first-order valence-corrected chi connectivity index (χ1v) is 7.37. The van der Waals surface area contributed by atoms with Crippen LogP contribution in [-0.4, -0.2) is 22.9 Å². The summed E-state index contributed by atoms with van der Waals surface area (Å²) in [6.07, 6.45) is 0. The van der Waals surface area contributed by atoms with Crippen LogP contribution in [0, 0.1) is 24.4 Å². The molecule has 0 bridgehead atoms. The van der Waals surface area contributed by atoms with Crippen molar-refractivity contribution in [2.75, 3.05) is 0 Å².